The highest BCUT2D eigenvalue weighted by Crippen LogP contribution is 2.42. The van der Waals surface area contributed by atoms with Gasteiger partial charge in [0.1, 0.15) is 11.6 Å². The summed E-state index contributed by atoms with van der Waals surface area (Å²) in [6.45, 7) is 11.1. The van der Waals surface area contributed by atoms with Crippen molar-refractivity contribution in [2.24, 2.45) is 11.3 Å². The molecule has 0 aromatic rings. The third-order valence-corrected chi connectivity index (χ3v) is 4.65. The molecule has 1 saturated carbocycles. The molecule has 20 heavy (non-hydrogen) atoms. The zero-order chi connectivity index (χ0) is 15.1. The van der Waals surface area contributed by atoms with Crippen molar-refractivity contribution < 1.29 is 9.59 Å². The molecule has 1 saturated heterocycles. The van der Waals surface area contributed by atoms with E-state index in [9.17, 15) is 9.59 Å². The Morgan fingerprint density at radius 3 is 2.35 bits per heavy atom. The third-order valence-electron chi connectivity index (χ3n) is 4.65. The van der Waals surface area contributed by atoms with Crippen molar-refractivity contribution in [2.75, 3.05) is 6.54 Å². The van der Waals surface area contributed by atoms with Gasteiger partial charge in [0.2, 0.25) is 11.8 Å². The fourth-order valence-electron chi connectivity index (χ4n) is 3.03. The summed E-state index contributed by atoms with van der Waals surface area (Å²) in [4.78, 5) is 27.1. The molecule has 1 heterocycles. The summed E-state index contributed by atoms with van der Waals surface area (Å²) in [7, 11) is 0. The van der Waals surface area contributed by atoms with Crippen molar-refractivity contribution in [1.29, 1.82) is 0 Å². The van der Waals surface area contributed by atoms with Gasteiger partial charge in [-0.1, -0.05) is 27.7 Å². The minimum absolute atomic E-state index is 0.0235. The standard InChI is InChI=1S/C16H28N2O2/c1-6-12-13(19)17-16(5,11-7-8-11)14(20)18(12)10-9-15(2,3)4/h11-12H,6-10H2,1-5H3,(H,17,19). The van der Waals surface area contributed by atoms with Crippen LogP contribution in [0.2, 0.25) is 0 Å². The molecule has 2 amide bonds. The van der Waals surface area contributed by atoms with Gasteiger partial charge in [0.15, 0.2) is 0 Å². The molecule has 1 aliphatic heterocycles. The van der Waals surface area contributed by atoms with E-state index >= 15 is 0 Å². The number of piperazine rings is 1. The van der Waals surface area contributed by atoms with Gasteiger partial charge in [0.05, 0.1) is 0 Å². The Morgan fingerprint density at radius 1 is 1.30 bits per heavy atom. The maximum Gasteiger partial charge on any atom is 0.249 e. The van der Waals surface area contributed by atoms with Gasteiger partial charge in [-0.15, -0.1) is 0 Å². The van der Waals surface area contributed by atoms with Crippen LogP contribution in [-0.4, -0.2) is 34.8 Å². The van der Waals surface area contributed by atoms with Crippen molar-refractivity contribution in [3.05, 3.63) is 0 Å². The zero-order valence-corrected chi connectivity index (χ0v) is 13.5. The Morgan fingerprint density at radius 2 is 1.90 bits per heavy atom. The van der Waals surface area contributed by atoms with E-state index < -0.39 is 5.54 Å². The Bertz CT molecular complexity index is 409. The first-order valence-electron chi connectivity index (χ1n) is 7.82. The van der Waals surface area contributed by atoms with Crippen LogP contribution in [0.4, 0.5) is 0 Å². The molecule has 2 rings (SSSR count). The lowest BCUT2D eigenvalue weighted by Gasteiger charge is -2.45. The van der Waals surface area contributed by atoms with Gasteiger partial charge in [0.25, 0.3) is 0 Å². The molecule has 0 radical (unpaired) electrons. The molecule has 2 fully saturated rings. The topological polar surface area (TPSA) is 49.4 Å². The lowest BCUT2D eigenvalue weighted by atomic mass is 9.87. The highest BCUT2D eigenvalue weighted by atomic mass is 16.2. The second kappa shape index (κ2) is 5.05. The van der Waals surface area contributed by atoms with Crippen molar-refractivity contribution >= 4 is 11.8 Å². The van der Waals surface area contributed by atoms with E-state index in [0.717, 1.165) is 19.3 Å². The number of nitrogens with one attached hydrogen (secondary N) is 1. The predicted octanol–water partition coefficient (Wildman–Crippen LogP) is 2.33. The molecule has 114 valence electrons. The van der Waals surface area contributed by atoms with E-state index in [-0.39, 0.29) is 23.3 Å². The lowest BCUT2D eigenvalue weighted by molar-refractivity contribution is -0.155. The van der Waals surface area contributed by atoms with Crippen LogP contribution in [0.25, 0.3) is 0 Å². The summed E-state index contributed by atoms with van der Waals surface area (Å²) < 4.78 is 0. The first-order chi connectivity index (χ1) is 9.19. The van der Waals surface area contributed by atoms with Gasteiger partial charge in [0, 0.05) is 6.54 Å². The average molecular weight is 280 g/mol. The first kappa shape index (κ1) is 15.3. The van der Waals surface area contributed by atoms with Crippen LogP contribution >= 0.6 is 0 Å². The second-order valence-corrected chi connectivity index (χ2v) is 7.70. The molecular formula is C16H28N2O2. The molecule has 2 unspecified atom stereocenters. The molecule has 2 atom stereocenters. The molecule has 2 aliphatic rings. The van der Waals surface area contributed by atoms with Crippen LogP contribution < -0.4 is 5.32 Å². The van der Waals surface area contributed by atoms with Gasteiger partial charge in [-0.2, -0.15) is 0 Å². The van der Waals surface area contributed by atoms with Gasteiger partial charge < -0.3 is 10.2 Å². The summed E-state index contributed by atoms with van der Waals surface area (Å²) in [6.07, 6.45) is 3.70. The van der Waals surface area contributed by atoms with E-state index in [1.54, 1.807) is 0 Å². The molecule has 4 nitrogen and oxygen atoms in total. The maximum atomic E-state index is 12.9. The van der Waals surface area contributed by atoms with E-state index in [1.807, 2.05) is 18.7 Å². The Balaban J connectivity index is 2.19. The number of nitrogens with zero attached hydrogens (tertiary/aromatic N) is 1. The second-order valence-electron chi connectivity index (χ2n) is 7.70. The van der Waals surface area contributed by atoms with Crippen molar-refractivity contribution in [3.63, 3.8) is 0 Å². The Hall–Kier alpha value is -1.06. The number of hydrogen-bond acceptors (Lipinski definition) is 2. The molecule has 4 heteroatoms. The van der Waals surface area contributed by atoms with E-state index in [1.165, 1.54) is 0 Å². The number of rotatable bonds is 4. The molecule has 0 spiro atoms. The van der Waals surface area contributed by atoms with Crippen molar-refractivity contribution in [3.8, 4) is 0 Å². The van der Waals surface area contributed by atoms with E-state index in [2.05, 4.69) is 26.1 Å². The summed E-state index contributed by atoms with van der Waals surface area (Å²) in [6, 6.07) is -0.295. The highest BCUT2D eigenvalue weighted by molar-refractivity contribution is 6.00. The van der Waals surface area contributed by atoms with Crippen LogP contribution in [-0.2, 0) is 9.59 Å². The molecule has 1 N–H and O–H groups in total. The average Bonchev–Trinajstić information content (AvgIpc) is 3.14. The first-order valence-corrected chi connectivity index (χ1v) is 7.82. The van der Waals surface area contributed by atoms with E-state index in [4.69, 9.17) is 0 Å². The van der Waals surface area contributed by atoms with Crippen molar-refractivity contribution in [2.45, 2.75) is 71.9 Å². The zero-order valence-electron chi connectivity index (χ0n) is 13.5. The van der Waals surface area contributed by atoms with Crippen molar-refractivity contribution in [1.82, 2.24) is 10.2 Å². The molecule has 0 aromatic heterocycles. The lowest BCUT2D eigenvalue weighted by Crippen LogP contribution is -2.70. The number of carbonyl (C=O) groups excluding carboxylic acids is 2. The van der Waals surface area contributed by atoms with Gasteiger partial charge in [-0.25, -0.2) is 0 Å². The van der Waals surface area contributed by atoms with Crippen LogP contribution in [0.1, 0.15) is 60.3 Å². The van der Waals surface area contributed by atoms with Gasteiger partial charge in [-0.3, -0.25) is 9.59 Å². The molecule has 0 bridgehead atoms. The van der Waals surface area contributed by atoms with Gasteiger partial charge >= 0.3 is 0 Å². The fourth-order valence-corrected chi connectivity index (χ4v) is 3.03. The number of amides is 2. The summed E-state index contributed by atoms with van der Waals surface area (Å²) in [5.41, 5.74) is -0.497. The molecule has 0 aromatic carbocycles. The van der Waals surface area contributed by atoms with Crippen LogP contribution in [0.5, 0.6) is 0 Å². The third kappa shape index (κ3) is 2.84. The molecular weight excluding hydrogens is 252 g/mol. The minimum Gasteiger partial charge on any atom is -0.340 e. The molecule has 1 aliphatic carbocycles. The Kier molecular flexibility index (Phi) is 3.87. The summed E-state index contributed by atoms with van der Waals surface area (Å²) in [5.74, 6) is 0.472. The largest absolute Gasteiger partial charge is 0.340 e. The van der Waals surface area contributed by atoms with Crippen LogP contribution in [0.15, 0.2) is 0 Å². The minimum atomic E-state index is -0.666. The monoisotopic (exact) mass is 280 g/mol. The van der Waals surface area contributed by atoms with E-state index in [0.29, 0.717) is 18.9 Å². The smallest absolute Gasteiger partial charge is 0.249 e. The Labute approximate surface area is 122 Å². The maximum absolute atomic E-state index is 12.9. The SMILES string of the molecule is CCC1C(=O)NC(C)(C2CC2)C(=O)N1CCC(C)(C)C. The van der Waals surface area contributed by atoms with Crippen LogP contribution in [0, 0.1) is 11.3 Å². The van der Waals surface area contributed by atoms with Gasteiger partial charge in [-0.05, 0) is 43.9 Å². The fraction of sp³-hybridized carbons (Fsp3) is 0.875. The normalized spacial score (nSPS) is 31.4. The summed E-state index contributed by atoms with van der Waals surface area (Å²) in [5, 5.41) is 3.00. The number of carbonyl (C=O) groups is 2. The predicted molar refractivity (Wildman–Crippen MR) is 79.1 cm³/mol. The highest BCUT2D eigenvalue weighted by Gasteiger charge is 2.54. The quantitative estimate of drug-likeness (QED) is 0.859. The summed E-state index contributed by atoms with van der Waals surface area (Å²) >= 11 is 0. The van der Waals surface area contributed by atoms with Crippen LogP contribution in [0.3, 0.4) is 0 Å². The number of hydrogen-bond donors (Lipinski definition) is 1.